The number of rotatable bonds is 8. The molecule has 4 aromatic rings. The number of benzene rings is 4. The fraction of sp³-hybridized carbons (Fsp3) is 0.156. The first-order valence-corrected chi connectivity index (χ1v) is 13.5. The van der Waals surface area contributed by atoms with Gasteiger partial charge in [0.05, 0.1) is 34.5 Å². The summed E-state index contributed by atoms with van der Waals surface area (Å²) in [6, 6.07) is 26.6. The summed E-state index contributed by atoms with van der Waals surface area (Å²) in [5, 5.41) is 12.9. The van der Waals surface area contributed by atoms with Crippen molar-refractivity contribution in [2.45, 2.75) is 19.1 Å². The molecule has 0 N–H and O–H groups in total. The number of non-ortho nitro benzene ring substituents is 1. The normalized spacial score (nSPS) is 19.3. The van der Waals surface area contributed by atoms with E-state index < -0.39 is 40.8 Å². The zero-order valence-corrected chi connectivity index (χ0v) is 22.9. The standard InChI is InChI=1S/C32H25N3O8/c1-2-41-25-17-13-22(14-18-25)33-30(36)27-28(20-11-15-26(16-12-20)42-32(38)21-7-4-3-5-8-21)34(43-29(27)31(33)37)23-9-6-10-24(19-23)35(39)40/h3-19,27-29H,2H2,1H3/t27-,28+,29-/m0/s1. The van der Waals surface area contributed by atoms with Crippen LogP contribution in [0.3, 0.4) is 0 Å². The van der Waals surface area contributed by atoms with Crippen molar-refractivity contribution in [3.63, 3.8) is 0 Å². The van der Waals surface area contributed by atoms with Crippen molar-refractivity contribution in [2.75, 3.05) is 16.6 Å². The van der Waals surface area contributed by atoms with Crippen molar-refractivity contribution in [2.24, 2.45) is 5.92 Å². The van der Waals surface area contributed by atoms with Gasteiger partial charge in [0.25, 0.3) is 11.6 Å². The van der Waals surface area contributed by atoms with Crippen LogP contribution < -0.4 is 19.4 Å². The number of hydroxylamine groups is 1. The highest BCUT2D eigenvalue weighted by molar-refractivity contribution is 6.24. The number of esters is 1. The Morgan fingerprint density at radius 2 is 1.56 bits per heavy atom. The first-order chi connectivity index (χ1) is 20.9. The molecule has 0 aliphatic carbocycles. The molecule has 6 rings (SSSR count). The van der Waals surface area contributed by atoms with E-state index >= 15 is 0 Å². The van der Waals surface area contributed by atoms with Gasteiger partial charge in [-0.05, 0) is 67.1 Å². The smallest absolute Gasteiger partial charge is 0.343 e. The van der Waals surface area contributed by atoms with E-state index in [1.807, 2.05) is 6.92 Å². The van der Waals surface area contributed by atoms with Gasteiger partial charge in [-0.2, -0.15) is 0 Å². The summed E-state index contributed by atoms with van der Waals surface area (Å²) in [5.74, 6) is -1.64. The summed E-state index contributed by atoms with van der Waals surface area (Å²) >= 11 is 0. The lowest BCUT2D eigenvalue weighted by molar-refractivity contribution is -0.384. The van der Waals surface area contributed by atoms with Gasteiger partial charge < -0.3 is 9.47 Å². The van der Waals surface area contributed by atoms with Crippen LogP contribution in [-0.2, 0) is 14.4 Å². The van der Waals surface area contributed by atoms with Crippen molar-refractivity contribution in [1.29, 1.82) is 0 Å². The number of carbonyl (C=O) groups is 3. The van der Waals surface area contributed by atoms with Crippen molar-refractivity contribution in [3.8, 4) is 11.5 Å². The molecular formula is C32H25N3O8. The summed E-state index contributed by atoms with van der Waals surface area (Å²) < 4.78 is 11.0. The molecule has 0 bridgehead atoms. The Balaban J connectivity index is 1.34. The Bertz CT molecular complexity index is 1690. The predicted octanol–water partition coefficient (Wildman–Crippen LogP) is 5.26. The van der Waals surface area contributed by atoms with Gasteiger partial charge in [0.2, 0.25) is 5.91 Å². The minimum atomic E-state index is -1.17. The van der Waals surface area contributed by atoms with Crippen LogP contribution in [-0.4, -0.2) is 35.4 Å². The van der Waals surface area contributed by atoms with E-state index in [0.717, 1.165) is 4.90 Å². The van der Waals surface area contributed by atoms with Crippen molar-refractivity contribution in [3.05, 3.63) is 124 Å². The molecule has 2 saturated heterocycles. The molecule has 0 unspecified atom stereocenters. The van der Waals surface area contributed by atoms with Crippen molar-refractivity contribution < 1.29 is 33.6 Å². The Hall–Kier alpha value is -5.55. The quantitative estimate of drug-likeness (QED) is 0.0902. The minimum Gasteiger partial charge on any atom is -0.494 e. The maximum absolute atomic E-state index is 13.9. The summed E-state index contributed by atoms with van der Waals surface area (Å²) in [6.07, 6.45) is -1.17. The van der Waals surface area contributed by atoms with Gasteiger partial charge in [-0.15, -0.1) is 0 Å². The second-order valence-corrected chi connectivity index (χ2v) is 9.86. The van der Waals surface area contributed by atoms with Crippen LogP contribution in [0, 0.1) is 16.0 Å². The number of nitro groups is 1. The van der Waals surface area contributed by atoms with E-state index in [9.17, 15) is 24.5 Å². The number of hydrogen-bond donors (Lipinski definition) is 0. The summed E-state index contributed by atoms with van der Waals surface area (Å²) in [6.45, 7) is 2.32. The highest BCUT2D eigenvalue weighted by Gasteiger charge is 2.60. The number of amides is 2. The molecule has 11 heteroatoms. The summed E-state index contributed by atoms with van der Waals surface area (Å²) in [7, 11) is 0. The maximum Gasteiger partial charge on any atom is 0.343 e. The molecule has 2 amide bonds. The lowest BCUT2D eigenvalue weighted by Gasteiger charge is -2.28. The topological polar surface area (TPSA) is 129 Å². The lowest BCUT2D eigenvalue weighted by atomic mass is 9.90. The van der Waals surface area contributed by atoms with Crippen LogP contribution in [0.1, 0.15) is 28.9 Å². The minimum absolute atomic E-state index is 0.172. The van der Waals surface area contributed by atoms with Crippen LogP contribution in [0.15, 0.2) is 103 Å². The molecule has 216 valence electrons. The number of nitro benzene ring substituents is 1. The fourth-order valence-electron chi connectivity index (χ4n) is 5.31. The van der Waals surface area contributed by atoms with Crippen molar-refractivity contribution >= 4 is 34.8 Å². The van der Waals surface area contributed by atoms with E-state index in [-0.39, 0.29) is 11.4 Å². The first kappa shape index (κ1) is 27.6. The third kappa shape index (κ3) is 5.17. The third-order valence-electron chi connectivity index (χ3n) is 7.26. The lowest BCUT2D eigenvalue weighted by Crippen LogP contribution is -2.37. The van der Waals surface area contributed by atoms with Gasteiger partial charge in [-0.25, -0.2) is 14.8 Å². The van der Waals surface area contributed by atoms with Gasteiger partial charge in [-0.1, -0.05) is 36.4 Å². The third-order valence-corrected chi connectivity index (χ3v) is 7.26. The molecule has 11 nitrogen and oxygen atoms in total. The average Bonchev–Trinajstić information content (AvgIpc) is 3.54. The van der Waals surface area contributed by atoms with E-state index in [1.54, 1.807) is 84.9 Å². The van der Waals surface area contributed by atoms with Gasteiger partial charge in [0.1, 0.15) is 17.4 Å². The number of nitrogens with zero attached hydrogens (tertiary/aromatic N) is 3. The molecule has 0 spiro atoms. The van der Waals surface area contributed by atoms with Crippen molar-refractivity contribution in [1.82, 2.24) is 0 Å². The number of carbonyl (C=O) groups excluding carboxylic acids is 3. The second-order valence-electron chi connectivity index (χ2n) is 9.86. The molecule has 0 aromatic heterocycles. The Kier molecular flexibility index (Phi) is 7.31. The SMILES string of the molecule is CCOc1ccc(N2C(=O)[C@@H]3[C@H](ON(c4cccc([N+](=O)[O-])c4)[C@@H]3c3ccc(OC(=O)c4ccccc4)cc3)C2=O)cc1. The fourth-order valence-corrected chi connectivity index (χ4v) is 5.31. The van der Waals surface area contributed by atoms with E-state index in [1.165, 1.54) is 23.3 Å². The highest BCUT2D eigenvalue weighted by Crippen LogP contribution is 2.48. The van der Waals surface area contributed by atoms with E-state index in [4.69, 9.17) is 14.3 Å². The monoisotopic (exact) mass is 579 g/mol. The predicted molar refractivity (Wildman–Crippen MR) is 155 cm³/mol. The van der Waals surface area contributed by atoms with Crippen LogP contribution in [0.2, 0.25) is 0 Å². The van der Waals surface area contributed by atoms with Gasteiger partial charge in [-0.3, -0.25) is 24.5 Å². The Morgan fingerprint density at radius 3 is 2.23 bits per heavy atom. The maximum atomic E-state index is 13.9. The van der Waals surface area contributed by atoms with Crippen LogP contribution in [0.25, 0.3) is 0 Å². The summed E-state index contributed by atoms with van der Waals surface area (Å²) in [4.78, 5) is 58.2. The zero-order valence-electron chi connectivity index (χ0n) is 22.9. The number of hydrogen-bond acceptors (Lipinski definition) is 9. The number of ether oxygens (including phenoxy) is 2. The molecule has 2 heterocycles. The average molecular weight is 580 g/mol. The zero-order chi connectivity index (χ0) is 30.1. The second kappa shape index (κ2) is 11.4. The Morgan fingerprint density at radius 1 is 0.860 bits per heavy atom. The molecular weight excluding hydrogens is 554 g/mol. The molecule has 3 atom stereocenters. The van der Waals surface area contributed by atoms with Crippen LogP contribution in [0.5, 0.6) is 11.5 Å². The molecule has 43 heavy (non-hydrogen) atoms. The van der Waals surface area contributed by atoms with Gasteiger partial charge in [0.15, 0.2) is 6.10 Å². The van der Waals surface area contributed by atoms with Gasteiger partial charge >= 0.3 is 5.97 Å². The molecule has 2 aliphatic rings. The van der Waals surface area contributed by atoms with Crippen LogP contribution in [0.4, 0.5) is 17.1 Å². The Labute approximate surface area is 245 Å². The number of imide groups is 1. The number of anilines is 2. The highest BCUT2D eigenvalue weighted by atomic mass is 16.7. The molecule has 2 aliphatic heterocycles. The summed E-state index contributed by atoms with van der Waals surface area (Å²) in [5.41, 5.74) is 1.48. The molecule has 4 aromatic carbocycles. The van der Waals surface area contributed by atoms with E-state index in [2.05, 4.69) is 0 Å². The number of fused-ring (bicyclic) bond motifs is 1. The van der Waals surface area contributed by atoms with Crippen LogP contribution >= 0.6 is 0 Å². The molecule has 2 fully saturated rings. The van der Waals surface area contributed by atoms with Gasteiger partial charge in [0, 0.05) is 12.1 Å². The largest absolute Gasteiger partial charge is 0.494 e. The first-order valence-electron chi connectivity index (χ1n) is 13.5. The molecule has 0 radical (unpaired) electrons. The van der Waals surface area contributed by atoms with E-state index in [0.29, 0.717) is 34.9 Å². The molecule has 0 saturated carbocycles.